The number of allylic oxidation sites excluding steroid dienone is 1. The fraction of sp³-hybridized carbons (Fsp3) is 0.500. The van der Waals surface area contributed by atoms with Crippen LogP contribution in [0.3, 0.4) is 0 Å². The number of hydrogen-bond acceptors (Lipinski definition) is 4. The molecule has 118 valence electrons. The zero-order chi connectivity index (χ0) is 16.1. The van der Waals surface area contributed by atoms with Crippen molar-refractivity contribution in [1.82, 2.24) is 9.80 Å². The molecule has 0 bridgehead atoms. The minimum Gasteiger partial charge on any atom is -0.378 e. The number of nitriles is 1. The predicted molar refractivity (Wildman–Crippen MR) is 89.1 cm³/mol. The van der Waals surface area contributed by atoms with Gasteiger partial charge in [0.25, 0.3) is 0 Å². The number of benzene rings is 1. The van der Waals surface area contributed by atoms with Crippen LogP contribution in [0, 0.1) is 11.3 Å². The van der Waals surface area contributed by atoms with Crippen LogP contribution in [0.4, 0.5) is 0 Å². The summed E-state index contributed by atoms with van der Waals surface area (Å²) in [6.45, 7) is 0.750. The summed E-state index contributed by atoms with van der Waals surface area (Å²) in [5.74, 6) is 0. The van der Waals surface area contributed by atoms with Gasteiger partial charge in [-0.05, 0) is 32.5 Å². The first-order valence-corrected chi connectivity index (χ1v) is 7.71. The molecular weight excluding hydrogens is 274 g/mol. The lowest BCUT2D eigenvalue weighted by molar-refractivity contribution is -0.0268. The summed E-state index contributed by atoms with van der Waals surface area (Å²) in [4.78, 5) is 4.23. The Kier molecular flexibility index (Phi) is 5.59. The number of hydrogen-bond donors (Lipinski definition) is 0. The first kappa shape index (κ1) is 16.5. The molecular formula is C18H25N3O. The van der Waals surface area contributed by atoms with E-state index in [4.69, 9.17) is 4.74 Å². The largest absolute Gasteiger partial charge is 0.378 e. The quantitative estimate of drug-likeness (QED) is 0.801. The monoisotopic (exact) mass is 299 g/mol. The highest BCUT2D eigenvalue weighted by molar-refractivity contribution is 5.79. The van der Waals surface area contributed by atoms with E-state index in [2.05, 4.69) is 25.1 Å². The van der Waals surface area contributed by atoms with Gasteiger partial charge in [-0.1, -0.05) is 30.3 Å². The standard InChI is InChI=1S/C18H25N3O/c1-20(2)16-11-8-12-22-18(16)17(21(3)4)15(13-19)14-9-6-5-7-10-14/h5-7,9-10,16,18H,8,11-12H2,1-4H3/b17-15-. The Hall–Kier alpha value is -1.83. The van der Waals surface area contributed by atoms with Crippen molar-refractivity contribution in [2.24, 2.45) is 0 Å². The van der Waals surface area contributed by atoms with E-state index in [0.717, 1.165) is 30.7 Å². The number of rotatable bonds is 4. The van der Waals surface area contributed by atoms with Crippen LogP contribution in [-0.4, -0.2) is 56.7 Å². The van der Waals surface area contributed by atoms with Crippen LogP contribution in [0.1, 0.15) is 18.4 Å². The number of likely N-dealkylation sites (N-methyl/N-ethyl adjacent to an activating group) is 2. The van der Waals surface area contributed by atoms with Gasteiger partial charge in [-0.3, -0.25) is 0 Å². The van der Waals surface area contributed by atoms with Gasteiger partial charge in [0.2, 0.25) is 0 Å². The van der Waals surface area contributed by atoms with E-state index >= 15 is 0 Å². The van der Waals surface area contributed by atoms with Gasteiger partial charge >= 0.3 is 0 Å². The van der Waals surface area contributed by atoms with Gasteiger partial charge in [-0.2, -0.15) is 5.26 Å². The van der Waals surface area contributed by atoms with Gasteiger partial charge in [-0.15, -0.1) is 0 Å². The molecule has 22 heavy (non-hydrogen) atoms. The Morgan fingerprint density at radius 1 is 1.18 bits per heavy atom. The van der Waals surface area contributed by atoms with E-state index in [1.807, 2.05) is 49.3 Å². The van der Waals surface area contributed by atoms with Crippen molar-refractivity contribution in [3.05, 3.63) is 41.6 Å². The lowest BCUT2D eigenvalue weighted by atomic mass is 9.93. The van der Waals surface area contributed by atoms with Gasteiger partial charge in [0, 0.05) is 26.7 Å². The highest BCUT2D eigenvalue weighted by Crippen LogP contribution is 2.30. The molecule has 4 heteroatoms. The highest BCUT2D eigenvalue weighted by atomic mass is 16.5. The maximum atomic E-state index is 9.75. The van der Waals surface area contributed by atoms with E-state index in [1.54, 1.807) is 0 Å². The van der Waals surface area contributed by atoms with Crippen LogP contribution in [-0.2, 0) is 4.74 Å². The maximum absolute atomic E-state index is 9.75. The SMILES string of the molecule is CN(C)/C(=C(/C#N)c1ccccc1)C1OCCCC1N(C)C. The number of nitrogens with zero attached hydrogens (tertiary/aromatic N) is 3. The lowest BCUT2D eigenvalue weighted by Gasteiger charge is -2.39. The van der Waals surface area contributed by atoms with Crippen LogP contribution >= 0.6 is 0 Å². The summed E-state index contributed by atoms with van der Waals surface area (Å²) < 4.78 is 6.09. The third kappa shape index (κ3) is 3.49. The molecule has 0 aromatic heterocycles. The molecule has 1 aromatic carbocycles. The van der Waals surface area contributed by atoms with Crippen molar-refractivity contribution in [3.63, 3.8) is 0 Å². The first-order valence-electron chi connectivity index (χ1n) is 7.71. The number of ether oxygens (including phenoxy) is 1. The molecule has 0 saturated carbocycles. The van der Waals surface area contributed by atoms with Crippen molar-refractivity contribution in [2.75, 3.05) is 34.8 Å². The van der Waals surface area contributed by atoms with E-state index < -0.39 is 0 Å². The minimum absolute atomic E-state index is 0.0754. The topological polar surface area (TPSA) is 39.5 Å². The average Bonchev–Trinajstić information content (AvgIpc) is 2.53. The molecule has 0 radical (unpaired) electrons. The van der Waals surface area contributed by atoms with Crippen LogP contribution in [0.15, 0.2) is 36.0 Å². The van der Waals surface area contributed by atoms with Gasteiger partial charge in [0.1, 0.15) is 12.2 Å². The van der Waals surface area contributed by atoms with Crippen LogP contribution in [0.5, 0.6) is 0 Å². The molecule has 1 saturated heterocycles. The van der Waals surface area contributed by atoms with E-state index in [1.165, 1.54) is 0 Å². The fourth-order valence-corrected chi connectivity index (χ4v) is 3.05. The van der Waals surface area contributed by atoms with E-state index in [-0.39, 0.29) is 6.10 Å². The second-order valence-corrected chi connectivity index (χ2v) is 6.10. The zero-order valence-electron chi connectivity index (χ0n) is 13.9. The molecule has 1 heterocycles. The molecule has 1 aromatic rings. The molecule has 2 atom stereocenters. The lowest BCUT2D eigenvalue weighted by Crippen LogP contribution is -2.47. The van der Waals surface area contributed by atoms with Crippen molar-refractivity contribution in [2.45, 2.75) is 25.0 Å². The summed E-state index contributed by atoms with van der Waals surface area (Å²) in [5, 5.41) is 9.75. The molecule has 0 aliphatic carbocycles. The van der Waals surface area contributed by atoms with Gasteiger partial charge in [0.15, 0.2) is 0 Å². The Morgan fingerprint density at radius 3 is 2.41 bits per heavy atom. The van der Waals surface area contributed by atoms with Crippen LogP contribution < -0.4 is 0 Å². The van der Waals surface area contributed by atoms with Gasteiger partial charge in [-0.25, -0.2) is 0 Å². The molecule has 0 spiro atoms. The summed E-state index contributed by atoms with van der Waals surface area (Å²) >= 11 is 0. The van der Waals surface area contributed by atoms with Gasteiger partial charge in [0.05, 0.1) is 11.3 Å². The molecule has 1 aliphatic rings. The molecule has 0 amide bonds. The molecule has 1 aliphatic heterocycles. The summed E-state index contributed by atoms with van der Waals surface area (Å²) in [6, 6.07) is 12.5. The Balaban J connectivity index is 2.52. The Labute approximate surface area is 133 Å². The summed E-state index contributed by atoms with van der Waals surface area (Å²) in [7, 11) is 8.13. The van der Waals surface area contributed by atoms with Crippen molar-refractivity contribution < 1.29 is 4.74 Å². The maximum Gasteiger partial charge on any atom is 0.114 e. The highest BCUT2D eigenvalue weighted by Gasteiger charge is 2.33. The zero-order valence-corrected chi connectivity index (χ0v) is 13.9. The van der Waals surface area contributed by atoms with Crippen molar-refractivity contribution in [3.8, 4) is 6.07 Å². The molecule has 2 rings (SSSR count). The second-order valence-electron chi connectivity index (χ2n) is 6.10. The van der Waals surface area contributed by atoms with Crippen LogP contribution in [0.2, 0.25) is 0 Å². The molecule has 2 unspecified atom stereocenters. The Bertz CT molecular complexity index is 557. The summed E-state index contributed by atoms with van der Waals surface area (Å²) in [6.07, 6.45) is 2.07. The average molecular weight is 299 g/mol. The normalized spacial score (nSPS) is 22.9. The summed E-state index contributed by atoms with van der Waals surface area (Å²) in [5.41, 5.74) is 2.61. The molecule has 0 N–H and O–H groups in total. The smallest absolute Gasteiger partial charge is 0.114 e. The third-order valence-corrected chi connectivity index (χ3v) is 4.14. The second kappa shape index (κ2) is 7.44. The third-order valence-electron chi connectivity index (χ3n) is 4.14. The minimum atomic E-state index is -0.0754. The first-order chi connectivity index (χ1) is 10.6. The predicted octanol–water partition coefficient (Wildman–Crippen LogP) is 2.59. The van der Waals surface area contributed by atoms with Crippen molar-refractivity contribution in [1.29, 1.82) is 5.26 Å². The van der Waals surface area contributed by atoms with Crippen molar-refractivity contribution >= 4 is 5.57 Å². The fourth-order valence-electron chi connectivity index (χ4n) is 3.05. The molecule has 4 nitrogen and oxygen atoms in total. The van der Waals surface area contributed by atoms with E-state index in [0.29, 0.717) is 11.6 Å². The van der Waals surface area contributed by atoms with Gasteiger partial charge < -0.3 is 14.5 Å². The molecule has 1 fully saturated rings. The van der Waals surface area contributed by atoms with E-state index in [9.17, 15) is 5.26 Å². The Morgan fingerprint density at radius 2 is 1.86 bits per heavy atom. The van der Waals surface area contributed by atoms with Crippen LogP contribution in [0.25, 0.3) is 5.57 Å².